The number of nitrogens with zero attached hydrogens (tertiary/aromatic N) is 1. The molecule has 3 rings (SSSR count). The van der Waals surface area contributed by atoms with E-state index in [1.54, 1.807) is 54.6 Å². The number of carbonyl (C=O) groups excluding carboxylic acids is 1. The number of hydrogen-bond donors (Lipinski definition) is 2. The average Bonchev–Trinajstić information content (AvgIpc) is 2.68. The van der Waals surface area contributed by atoms with Crippen molar-refractivity contribution < 1.29 is 19.1 Å². The molecule has 5 nitrogen and oxygen atoms in total. The van der Waals surface area contributed by atoms with Crippen molar-refractivity contribution in [2.24, 2.45) is 0 Å². The Morgan fingerprint density at radius 2 is 1.75 bits per heavy atom. The second-order valence-corrected chi connectivity index (χ2v) is 6.50. The topological polar surface area (TPSA) is 79.3 Å². The van der Waals surface area contributed by atoms with E-state index in [1.807, 2.05) is 0 Å². The number of nitrogens with one attached hydrogen (secondary N) is 1. The van der Waals surface area contributed by atoms with Crippen molar-refractivity contribution >= 4 is 23.5 Å². The van der Waals surface area contributed by atoms with E-state index in [0.29, 0.717) is 16.3 Å². The van der Waals surface area contributed by atoms with Crippen LogP contribution in [0.3, 0.4) is 0 Å². The first-order valence-electron chi connectivity index (χ1n) is 8.44. The molecule has 1 aromatic heterocycles. The van der Waals surface area contributed by atoms with Gasteiger partial charge in [-0.05, 0) is 42.0 Å². The van der Waals surface area contributed by atoms with Crippen molar-refractivity contribution in [2.45, 2.75) is 12.5 Å². The van der Waals surface area contributed by atoms with E-state index in [0.717, 1.165) is 0 Å². The van der Waals surface area contributed by atoms with E-state index < -0.39 is 23.7 Å². The molecule has 0 unspecified atom stereocenters. The lowest BCUT2D eigenvalue weighted by Gasteiger charge is -2.17. The molecule has 2 N–H and O–H groups in total. The number of aliphatic carboxylic acids is 1. The molecule has 0 saturated heterocycles. The maximum Gasteiger partial charge on any atom is 0.305 e. The Hall–Kier alpha value is -3.25. The number of carbonyl (C=O) groups is 2. The van der Waals surface area contributed by atoms with Gasteiger partial charge in [0.05, 0.1) is 18.2 Å². The largest absolute Gasteiger partial charge is 0.481 e. The van der Waals surface area contributed by atoms with Crippen LogP contribution in [0.25, 0.3) is 11.3 Å². The molecule has 142 valence electrons. The van der Waals surface area contributed by atoms with Gasteiger partial charge in [0, 0.05) is 10.6 Å². The quantitative estimate of drug-likeness (QED) is 0.641. The number of carboxylic acids is 1. The Morgan fingerprint density at radius 3 is 2.43 bits per heavy atom. The highest BCUT2D eigenvalue weighted by atomic mass is 35.5. The van der Waals surface area contributed by atoms with Crippen LogP contribution in [0, 0.1) is 5.82 Å². The lowest BCUT2D eigenvalue weighted by Crippen LogP contribution is -2.30. The highest BCUT2D eigenvalue weighted by Gasteiger charge is 2.20. The SMILES string of the molecule is O=C(O)C[C@H](NC(=O)c1cccc(-c2ccccc2F)n1)c1ccc(Cl)cc1. The van der Waals surface area contributed by atoms with Crippen molar-refractivity contribution in [1.29, 1.82) is 0 Å². The van der Waals surface area contributed by atoms with Gasteiger partial charge in [-0.25, -0.2) is 9.37 Å². The molecule has 2 aromatic carbocycles. The first kappa shape index (κ1) is 19.5. The number of halogens is 2. The van der Waals surface area contributed by atoms with Crippen LogP contribution in [-0.2, 0) is 4.79 Å². The van der Waals surface area contributed by atoms with Crippen LogP contribution >= 0.6 is 11.6 Å². The van der Waals surface area contributed by atoms with Crippen LogP contribution < -0.4 is 5.32 Å². The molecule has 1 heterocycles. The van der Waals surface area contributed by atoms with Crippen LogP contribution in [0.1, 0.15) is 28.5 Å². The minimum absolute atomic E-state index is 0.0603. The normalized spacial score (nSPS) is 11.6. The second-order valence-electron chi connectivity index (χ2n) is 6.06. The Labute approximate surface area is 165 Å². The Balaban J connectivity index is 1.86. The van der Waals surface area contributed by atoms with E-state index in [-0.39, 0.29) is 17.7 Å². The number of hydrogen-bond acceptors (Lipinski definition) is 3. The van der Waals surface area contributed by atoms with Crippen molar-refractivity contribution in [3.05, 3.63) is 88.8 Å². The van der Waals surface area contributed by atoms with E-state index in [1.165, 1.54) is 12.1 Å². The Morgan fingerprint density at radius 1 is 1.04 bits per heavy atom. The zero-order chi connectivity index (χ0) is 20.1. The van der Waals surface area contributed by atoms with E-state index in [9.17, 15) is 19.1 Å². The van der Waals surface area contributed by atoms with Gasteiger partial charge in [-0.1, -0.05) is 41.9 Å². The van der Waals surface area contributed by atoms with Crippen molar-refractivity contribution in [3.63, 3.8) is 0 Å². The summed E-state index contributed by atoms with van der Waals surface area (Å²) in [6.45, 7) is 0. The zero-order valence-electron chi connectivity index (χ0n) is 14.6. The molecular weight excluding hydrogens is 383 g/mol. The van der Waals surface area contributed by atoms with E-state index in [2.05, 4.69) is 10.3 Å². The van der Waals surface area contributed by atoms with Crippen LogP contribution in [0.5, 0.6) is 0 Å². The summed E-state index contributed by atoms with van der Waals surface area (Å²) in [5.41, 5.74) is 1.25. The minimum Gasteiger partial charge on any atom is -0.481 e. The molecule has 28 heavy (non-hydrogen) atoms. The van der Waals surface area contributed by atoms with Gasteiger partial charge in [-0.15, -0.1) is 0 Å². The van der Waals surface area contributed by atoms with Crippen molar-refractivity contribution in [2.75, 3.05) is 0 Å². The molecule has 1 amide bonds. The first-order chi connectivity index (χ1) is 13.4. The number of amides is 1. The maximum atomic E-state index is 14.0. The predicted molar refractivity (Wildman–Crippen MR) is 104 cm³/mol. The number of aromatic nitrogens is 1. The van der Waals surface area contributed by atoms with Gasteiger partial charge in [-0.3, -0.25) is 9.59 Å². The molecule has 0 radical (unpaired) electrons. The van der Waals surface area contributed by atoms with Crippen LogP contribution in [0.2, 0.25) is 5.02 Å². The van der Waals surface area contributed by atoms with Crippen molar-refractivity contribution in [3.8, 4) is 11.3 Å². The Kier molecular flexibility index (Phi) is 6.01. The molecule has 1 atom stereocenters. The summed E-state index contributed by atoms with van der Waals surface area (Å²) in [5, 5.41) is 12.3. The third-order valence-corrected chi connectivity index (χ3v) is 4.34. The minimum atomic E-state index is -1.06. The van der Waals surface area contributed by atoms with E-state index in [4.69, 9.17) is 11.6 Å². The van der Waals surface area contributed by atoms with E-state index >= 15 is 0 Å². The molecule has 0 bridgehead atoms. The molecule has 0 aliphatic rings. The van der Waals surface area contributed by atoms with Gasteiger partial charge < -0.3 is 10.4 Å². The van der Waals surface area contributed by atoms with Gasteiger partial charge in [0.2, 0.25) is 0 Å². The smallest absolute Gasteiger partial charge is 0.305 e. The highest BCUT2D eigenvalue weighted by Crippen LogP contribution is 2.22. The standard InChI is InChI=1S/C21H16ClFN2O3/c22-14-10-8-13(9-11-14)19(12-20(26)27)25-21(28)18-7-3-6-17(24-18)15-4-1-2-5-16(15)23/h1-11,19H,12H2,(H,25,28)(H,26,27)/t19-/m0/s1. The zero-order valence-corrected chi connectivity index (χ0v) is 15.4. The number of rotatable bonds is 6. The van der Waals surface area contributed by atoms with Gasteiger partial charge in [0.25, 0.3) is 5.91 Å². The van der Waals surface area contributed by atoms with Crippen LogP contribution in [-0.4, -0.2) is 22.0 Å². The Bertz CT molecular complexity index is 1010. The summed E-state index contributed by atoms with van der Waals surface area (Å²) in [4.78, 5) is 28.1. The average molecular weight is 399 g/mol. The van der Waals surface area contributed by atoms with Gasteiger partial charge >= 0.3 is 5.97 Å². The fraction of sp³-hybridized carbons (Fsp3) is 0.0952. The summed E-state index contributed by atoms with van der Waals surface area (Å²) < 4.78 is 14.0. The highest BCUT2D eigenvalue weighted by molar-refractivity contribution is 6.30. The summed E-state index contributed by atoms with van der Waals surface area (Å²) >= 11 is 5.87. The number of carboxylic acid groups (broad SMARTS) is 1. The summed E-state index contributed by atoms with van der Waals surface area (Å²) in [6.07, 6.45) is -0.305. The fourth-order valence-corrected chi connectivity index (χ4v) is 2.86. The summed E-state index contributed by atoms with van der Waals surface area (Å²) in [6, 6.07) is 16.6. The fourth-order valence-electron chi connectivity index (χ4n) is 2.73. The van der Waals surface area contributed by atoms with Crippen LogP contribution in [0.15, 0.2) is 66.7 Å². The molecular formula is C21H16ClFN2O3. The lowest BCUT2D eigenvalue weighted by atomic mass is 10.0. The number of pyridine rings is 1. The molecule has 0 aliphatic carbocycles. The number of benzene rings is 2. The first-order valence-corrected chi connectivity index (χ1v) is 8.82. The molecule has 0 fully saturated rings. The monoisotopic (exact) mass is 398 g/mol. The summed E-state index contributed by atoms with van der Waals surface area (Å²) in [5.74, 6) is -2.06. The lowest BCUT2D eigenvalue weighted by molar-refractivity contribution is -0.137. The molecule has 7 heteroatoms. The van der Waals surface area contributed by atoms with Gasteiger partial charge in [-0.2, -0.15) is 0 Å². The third kappa shape index (κ3) is 4.72. The van der Waals surface area contributed by atoms with Crippen LogP contribution in [0.4, 0.5) is 4.39 Å². The molecule has 0 aliphatic heterocycles. The summed E-state index contributed by atoms with van der Waals surface area (Å²) in [7, 11) is 0. The molecule has 0 saturated carbocycles. The molecule has 0 spiro atoms. The van der Waals surface area contributed by atoms with Gasteiger partial charge in [0.1, 0.15) is 11.5 Å². The maximum absolute atomic E-state index is 14.0. The third-order valence-electron chi connectivity index (χ3n) is 4.09. The van der Waals surface area contributed by atoms with Gasteiger partial charge in [0.15, 0.2) is 0 Å². The van der Waals surface area contributed by atoms with Crippen molar-refractivity contribution in [1.82, 2.24) is 10.3 Å². The second kappa shape index (κ2) is 8.63. The molecule has 3 aromatic rings. The predicted octanol–water partition coefficient (Wildman–Crippen LogP) is 4.49.